The Labute approximate surface area is 107 Å². The molecule has 1 N–H and O–H groups in total. The highest BCUT2D eigenvalue weighted by atomic mass is 16.2. The Morgan fingerprint density at radius 1 is 1.44 bits per heavy atom. The molecule has 2 aliphatic rings. The molecule has 0 radical (unpaired) electrons. The molecule has 1 aromatic rings. The lowest BCUT2D eigenvalue weighted by molar-refractivity contribution is -0.129. The van der Waals surface area contributed by atoms with E-state index in [2.05, 4.69) is 10.3 Å². The van der Waals surface area contributed by atoms with Crippen molar-refractivity contribution in [1.82, 2.24) is 15.2 Å². The molecule has 18 heavy (non-hydrogen) atoms. The molecule has 4 heteroatoms. The molecule has 3 heterocycles. The van der Waals surface area contributed by atoms with E-state index in [1.807, 2.05) is 23.1 Å². The third-order valence-electron chi connectivity index (χ3n) is 4.01. The average molecular weight is 245 g/mol. The number of likely N-dealkylation sites (tertiary alicyclic amines) is 1. The second-order valence-corrected chi connectivity index (χ2v) is 5.26. The van der Waals surface area contributed by atoms with E-state index in [1.54, 1.807) is 6.20 Å². The van der Waals surface area contributed by atoms with Crippen LogP contribution in [0.3, 0.4) is 0 Å². The maximum Gasteiger partial charge on any atom is 0.228 e. The Kier molecular flexibility index (Phi) is 3.28. The van der Waals surface area contributed by atoms with E-state index in [0.29, 0.717) is 18.4 Å². The topological polar surface area (TPSA) is 45.2 Å². The molecule has 0 saturated carbocycles. The molecule has 0 bridgehead atoms. The zero-order valence-corrected chi connectivity index (χ0v) is 10.5. The number of fused-ring (bicyclic) bond motifs is 1. The van der Waals surface area contributed by atoms with E-state index in [1.165, 1.54) is 12.8 Å². The highest BCUT2D eigenvalue weighted by molar-refractivity contribution is 5.78. The Hall–Kier alpha value is -1.42. The predicted octanol–water partition coefficient (Wildman–Crippen LogP) is 0.834. The van der Waals surface area contributed by atoms with Gasteiger partial charge in [0.05, 0.1) is 6.42 Å². The van der Waals surface area contributed by atoms with Crippen LogP contribution in [0.1, 0.15) is 18.5 Å². The van der Waals surface area contributed by atoms with Gasteiger partial charge < -0.3 is 10.2 Å². The van der Waals surface area contributed by atoms with Gasteiger partial charge in [0.15, 0.2) is 0 Å². The second-order valence-electron chi connectivity index (χ2n) is 5.26. The number of rotatable bonds is 2. The lowest BCUT2D eigenvalue weighted by atomic mass is 9.94. The number of pyridine rings is 1. The standard InChI is InChI=1S/C14H19N3O/c18-14(8-12-5-1-2-6-15-12)17-9-11-4-3-7-16-13(11)10-17/h1-2,5-6,11,13,16H,3-4,7-10H2/t11-,13+/m0/s1. The molecule has 96 valence electrons. The Morgan fingerprint density at radius 2 is 2.39 bits per heavy atom. The lowest BCUT2D eigenvalue weighted by Gasteiger charge is -2.24. The van der Waals surface area contributed by atoms with E-state index < -0.39 is 0 Å². The zero-order valence-electron chi connectivity index (χ0n) is 10.5. The fraction of sp³-hybridized carbons (Fsp3) is 0.571. The van der Waals surface area contributed by atoms with Gasteiger partial charge in [-0.05, 0) is 37.4 Å². The van der Waals surface area contributed by atoms with Gasteiger partial charge in [-0.25, -0.2) is 0 Å². The van der Waals surface area contributed by atoms with E-state index in [0.717, 1.165) is 25.3 Å². The van der Waals surface area contributed by atoms with Crippen LogP contribution in [0.4, 0.5) is 0 Å². The maximum absolute atomic E-state index is 12.2. The van der Waals surface area contributed by atoms with Gasteiger partial charge in [-0.2, -0.15) is 0 Å². The number of piperidine rings is 1. The lowest BCUT2D eigenvalue weighted by Crippen LogP contribution is -2.41. The van der Waals surface area contributed by atoms with Crippen molar-refractivity contribution in [3.8, 4) is 0 Å². The molecular formula is C14H19N3O. The van der Waals surface area contributed by atoms with Gasteiger partial charge >= 0.3 is 0 Å². The van der Waals surface area contributed by atoms with Crippen molar-refractivity contribution in [2.45, 2.75) is 25.3 Å². The minimum atomic E-state index is 0.213. The first kappa shape index (κ1) is 11.7. The summed E-state index contributed by atoms with van der Waals surface area (Å²) >= 11 is 0. The number of carbonyl (C=O) groups excluding carboxylic acids is 1. The summed E-state index contributed by atoms with van der Waals surface area (Å²) in [4.78, 5) is 18.4. The number of hydrogen-bond donors (Lipinski definition) is 1. The minimum absolute atomic E-state index is 0.213. The summed E-state index contributed by atoms with van der Waals surface area (Å²) in [6.07, 6.45) is 4.67. The van der Waals surface area contributed by atoms with Gasteiger partial charge in [-0.1, -0.05) is 6.07 Å². The predicted molar refractivity (Wildman–Crippen MR) is 69.0 cm³/mol. The highest BCUT2D eigenvalue weighted by Gasteiger charge is 2.36. The molecule has 2 fully saturated rings. The molecule has 2 saturated heterocycles. The molecule has 0 aromatic carbocycles. The summed E-state index contributed by atoms with van der Waals surface area (Å²) in [5, 5.41) is 3.52. The fourth-order valence-electron chi connectivity index (χ4n) is 3.02. The van der Waals surface area contributed by atoms with Gasteiger partial charge in [0.1, 0.15) is 0 Å². The molecule has 0 unspecified atom stereocenters. The van der Waals surface area contributed by atoms with Crippen LogP contribution in [0.25, 0.3) is 0 Å². The van der Waals surface area contributed by atoms with Gasteiger partial charge in [-0.15, -0.1) is 0 Å². The number of nitrogens with one attached hydrogen (secondary N) is 1. The molecule has 0 aliphatic carbocycles. The summed E-state index contributed by atoms with van der Waals surface area (Å²) in [7, 11) is 0. The number of carbonyl (C=O) groups is 1. The molecule has 0 spiro atoms. The molecule has 4 nitrogen and oxygen atoms in total. The molecular weight excluding hydrogens is 226 g/mol. The molecule has 2 atom stereocenters. The van der Waals surface area contributed by atoms with E-state index >= 15 is 0 Å². The van der Waals surface area contributed by atoms with E-state index in [-0.39, 0.29) is 5.91 Å². The van der Waals surface area contributed by atoms with Crippen molar-refractivity contribution >= 4 is 5.91 Å². The molecule has 1 aromatic heterocycles. The van der Waals surface area contributed by atoms with Crippen LogP contribution in [0, 0.1) is 5.92 Å². The fourth-order valence-corrected chi connectivity index (χ4v) is 3.02. The molecule has 1 amide bonds. The third-order valence-corrected chi connectivity index (χ3v) is 4.01. The normalized spacial score (nSPS) is 27.0. The summed E-state index contributed by atoms with van der Waals surface area (Å²) in [6.45, 7) is 2.89. The number of hydrogen-bond acceptors (Lipinski definition) is 3. The van der Waals surface area contributed by atoms with Crippen LogP contribution in [0.2, 0.25) is 0 Å². The first-order chi connectivity index (χ1) is 8.83. The van der Waals surface area contributed by atoms with Crippen molar-refractivity contribution in [3.05, 3.63) is 30.1 Å². The highest BCUT2D eigenvalue weighted by Crippen LogP contribution is 2.25. The minimum Gasteiger partial charge on any atom is -0.340 e. The van der Waals surface area contributed by atoms with Crippen molar-refractivity contribution < 1.29 is 4.79 Å². The third kappa shape index (κ3) is 2.38. The van der Waals surface area contributed by atoms with Crippen LogP contribution in [-0.4, -0.2) is 41.5 Å². The number of aromatic nitrogens is 1. The van der Waals surface area contributed by atoms with Gasteiger partial charge in [-0.3, -0.25) is 9.78 Å². The summed E-state index contributed by atoms with van der Waals surface area (Å²) in [6, 6.07) is 6.24. The Morgan fingerprint density at radius 3 is 3.17 bits per heavy atom. The van der Waals surface area contributed by atoms with Crippen LogP contribution in [-0.2, 0) is 11.2 Å². The maximum atomic E-state index is 12.2. The van der Waals surface area contributed by atoms with Gasteiger partial charge in [0.25, 0.3) is 0 Å². The summed E-state index contributed by atoms with van der Waals surface area (Å²) in [5.74, 6) is 0.872. The van der Waals surface area contributed by atoms with Crippen molar-refractivity contribution in [2.24, 2.45) is 5.92 Å². The Bertz CT molecular complexity index is 406. The van der Waals surface area contributed by atoms with Crippen LogP contribution in [0.15, 0.2) is 24.4 Å². The van der Waals surface area contributed by atoms with Gasteiger partial charge in [0, 0.05) is 31.0 Å². The second kappa shape index (κ2) is 5.06. The smallest absolute Gasteiger partial charge is 0.228 e. The SMILES string of the molecule is O=C(Cc1ccccn1)N1C[C@@H]2CCCN[C@@H]2C1. The van der Waals surface area contributed by atoms with Crippen LogP contribution < -0.4 is 5.32 Å². The first-order valence-corrected chi connectivity index (χ1v) is 6.74. The largest absolute Gasteiger partial charge is 0.340 e. The van der Waals surface area contributed by atoms with Gasteiger partial charge in [0.2, 0.25) is 5.91 Å². The van der Waals surface area contributed by atoms with E-state index in [9.17, 15) is 4.79 Å². The molecule has 2 aliphatic heterocycles. The first-order valence-electron chi connectivity index (χ1n) is 6.74. The van der Waals surface area contributed by atoms with Crippen molar-refractivity contribution in [1.29, 1.82) is 0 Å². The zero-order chi connectivity index (χ0) is 12.4. The van der Waals surface area contributed by atoms with E-state index in [4.69, 9.17) is 0 Å². The number of nitrogens with zero attached hydrogens (tertiary/aromatic N) is 2. The number of amides is 1. The quantitative estimate of drug-likeness (QED) is 0.839. The van der Waals surface area contributed by atoms with Crippen LogP contribution >= 0.6 is 0 Å². The van der Waals surface area contributed by atoms with Crippen molar-refractivity contribution in [3.63, 3.8) is 0 Å². The average Bonchev–Trinajstić information content (AvgIpc) is 2.84. The molecule has 3 rings (SSSR count). The summed E-state index contributed by atoms with van der Waals surface area (Å²) < 4.78 is 0. The van der Waals surface area contributed by atoms with Crippen molar-refractivity contribution in [2.75, 3.05) is 19.6 Å². The monoisotopic (exact) mass is 245 g/mol. The van der Waals surface area contributed by atoms with Crippen LogP contribution in [0.5, 0.6) is 0 Å². The summed E-state index contributed by atoms with van der Waals surface area (Å²) in [5.41, 5.74) is 0.866. The Balaban J connectivity index is 1.60.